The van der Waals surface area contributed by atoms with Gasteiger partial charge in [0.25, 0.3) is 0 Å². The van der Waals surface area contributed by atoms with Crippen molar-refractivity contribution < 1.29 is 14.3 Å². The third kappa shape index (κ3) is 3.22. The Bertz CT molecular complexity index is 267. The van der Waals surface area contributed by atoms with Crippen molar-refractivity contribution >= 4 is 11.9 Å². The molecule has 15 heavy (non-hydrogen) atoms. The molecule has 1 rings (SSSR count). The molecule has 0 aromatic carbocycles. The Labute approximate surface area is 90.6 Å². The molecular formula is C11H19NO3. The molecule has 1 aliphatic rings. The van der Waals surface area contributed by atoms with Crippen molar-refractivity contribution in [2.24, 2.45) is 0 Å². The summed E-state index contributed by atoms with van der Waals surface area (Å²) in [6.45, 7) is 7.64. The number of likely N-dealkylation sites (tertiary alicyclic amines) is 1. The second-order valence-electron chi connectivity index (χ2n) is 4.91. The summed E-state index contributed by atoms with van der Waals surface area (Å²) in [5.41, 5.74) is -0.499. The molecule has 0 N–H and O–H groups in total. The van der Waals surface area contributed by atoms with Gasteiger partial charge < -0.3 is 4.74 Å². The first-order chi connectivity index (χ1) is 6.83. The Morgan fingerprint density at radius 2 is 2.13 bits per heavy atom. The number of Topliss-reactive ketones (excluding diaryl/α,β-unsaturated/α-hetero) is 1. The third-order valence-corrected chi connectivity index (χ3v) is 2.35. The van der Waals surface area contributed by atoms with E-state index in [-0.39, 0.29) is 24.5 Å². The maximum absolute atomic E-state index is 11.7. The van der Waals surface area contributed by atoms with E-state index in [1.165, 1.54) is 4.90 Å². The smallest absolute Gasteiger partial charge is 0.410 e. The van der Waals surface area contributed by atoms with Crippen LogP contribution in [-0.4, -0.2) is 35.0 Å². The lowest BCUT2D eigenvalue weighted by molar-refractivity contribution is -0.117. The van der Waals surface area contributed by atoms with Crippen LogP contribution < -0.4 is 0 Å². The molecule has 1 saturated heterocycles. The number of carbonyl (C=O) groups is 2. The van der Waals surface area contributed by atoms with Crippen LogP contribution in [0.4, 0.5) is 4.79 Å². The van der Waals surface area contributed by atoms with E-state index < -0.39 is 5.60 Å². The predicted octanol–water partition coefficient (Wildman–Crippen LogP) is 1.97. The summed E-state index contributed by atoms with van der Waals surface area (Å²) in [6.07, 6.45) is 0.890. The molecule has 0 spiro atoms. The van der Waals surface area contributed by atoms with Crippen molar-refractivity contribution in [1.82, 2.24) is 4.90 Å². The second-order valence-corrected chi connectivity index (χ2v) is 4.91. The number of ether oxygens (including phenoxy) is 1. The van der Waals surface area contributed by atoms with E-state index in [2.05, 4.69) is 0 Å². The molecule has 86 valence electrons. The molecule has 0 aromatic rings. The molecule has 0 radical (unpaired) electrons. The summed E-state index contributed by atoms with van der Waals surface area (Å²) >= 11 is 0. The Hall–Kier alpha value is -1.06. The largest absolute Gasteiger partial charge is 0.444 e. The highest BCUT2D eigenvalue weighted by molar-refractivity contribution is 5.88. The number of rotatable bonds is 1. The molecular weight excluding hydrogens is 194 g/mol. The minimum Gasteiger partial charge on any atom is -0.444 e. The van der Waals surface area contributed by atoms with Crippen molar-refractivity contribution in [3.05, 3.63) is 0 Å². The minimum absolute atomic E-state index is 0.0207. The van der Waals surface area contributed by atoms with Gasteiger partial charge in [0.1, 0.15) is 5.60 Å². The molecule has 0 saturated carbocycles. The minimum atomic E-state index is -0.499. The number of ketones is 1. The van der Waals surface area contributed by atoms with Crippen LogP contribution >= 0.6 is 0 Å². The van der Waals surface area contributed by atoms with Gasteiger partial charge in [0.05, 0.1) is 6.54 Å². The molecule has 1 amide bonds. The lowest BCUT2D eigenvalue weighted by Crippen LogP contribution is -2.39. The van der Waals surface area contributed by atoms with Crippen molar-refractivity contribution in [2.75, 3.05) is 6.54 Å². The molecule has 1 atom stereocenters. The first-order valence-corrected chi connectivity index (χ1v) is 5.35. The molecule has 1 heterocycles. The lowest BCUT2D eigenvalue weighted by Gasteiger charge is -2.27. The molecule has 4 nitrogen and oxygen atoms in total. The Morgan fingerprint density at radius 3 is 2.60 bits per heavy atom. The average Bonchev–Trinajstić information content (AvgIpc) is 2.43. The summed E-state index contributed by atoms with van der Waals surface area (Å²) in [6, 6.07) is 0.0207. The van der Waals surface area contributed by atoms with Crippen molar-refractivity contribution in [2.45, 2.75) is 52.2 Å². The molecule has 0 aliphatic carbocycles. The zero-order chi connectivity index (χ0) is 11.6. The van der Waals surface area contributed by atoms with Gasteiger partial charge in [-0.25, -0.2) is 4.79 Å². The number of hydrogen-bond donors (Lipinski definition) is 0. The fraction of sp³-hybridized carbons (Fsp3) is 0.818. The quantitative estimate of drug-likeness (QED) is 0.669. The highest BCUT2D eigenvalue weighted by Gasteiger charge is 2.35. The van der Waals surface area contributed by atoms with Crippen LogP contribution in [0.5, 0.6) is 0 Å². The summed E-state index contributed by atoms with van der Waals surface area (Å²) < 4.78 is 5.24. The third-order valence-electron chi connectivity index (χ3n) is 2.35. The van der Waals surface area contributed by atoms with Gasteiger partial charge in [-0.05, 0) is 27.2 Å². The van der Waals surface area contributed by atoms with Gasteiger partial charge in [0, 0.05) is 12.5 Å². The molecule has 0 aromatic heterocycles. The van der Waals surface area contributed by atoms with Gasteiger partial charge in [-0.1, -0.05) is 6.92 Å². The number of amides is 1. The monoisotopic (exact) mass is 213 g/mol. The van der Waals surface area contributed by atoms with E-state index in [4.69, 9.17) is 4.74 Å². The average molecular weight is 213 g/mol. The van der Waals surface area contributed by atoms with E-state index in [9.17, 15) is 9.59 Å². The standard InChI is InChI=1S/C11H19NO3/c1-5-8-6-9(13)7-12(8)10(14)15-11(2,3)4/h8H,5-7H2,1-4H3/t8-/m1/s1. The molecule has 1 aliphatic heterocycles. The van der Waals surface area contributed by atoms with E-state index in [0.29, 0.717) is 6.42 Å². The molecule has 0 bridgehead atoms. The van der Waals surface area contributed by atoms with E-state index >= 15 is 0 Å². The van der Waals surface area contributed by atoms with E-state index in [0.717, 1.165) is 6.42 Å². The van der Waals surface area contributed by atoms with Crippen molar-refractivity contribution in [3.63, 3.8) is 0 Å². The fourth-order valence-corrected chi connectivity index (χ4v) is 1.66. The first-order valence-electron chi connectivity index (χ1n) is 5.35. The summed E-state index contributed by atoms with van der Waals surface area (Å²) in [4.78, 5) is 24.5. The van der Waals surface area contributed by atoms with Gasteiger partial charge in [-0.3, -0.25) is 9.69 Å². The fourth-order valence-electron chi connectivity index (χ4n) is 1.66. The zero-order valence-electron chi connectivity index (χ0n) is 9.87. The van der Waals surface area contributed by atoms with Gasteiger partial charge in [-0.2, -0.15) is 0 Å². The van der Waals surface area contributed by atoms with Crippen LogP contribution in [0.2, 0.25) is 0 Å². The maximum Gasteiger partial charge on any atom is 0.410 e. The van der Waals surface area contributed by atoms with Gasteiger partial charge >= 0.3 is 6.09 Å². The summed E-state index contributed by atoms with van der Waals surface area (Å²) in [7, 11) is 0. The normalized spacial score (nSPS) is 22.0. The van der Waals surface area contributed by atoms with Crippen LogP contribution in [0.15, 0.2) is 0 Å². The van der Waals surface area contributed by atoms with Crippen LogP contribution in [-0.2, 0) is 9.53 Å². The predicted molar refractivity (Wildman–Crippen MR) is 56.6 cm³/mol. The molecule has 0 unspecified atom stereocenters. The topological polar surface area (TPSA) is 46.6 Å². The lowest BCUT2D eigenvalue weighted by atomic mass is 10.1. The molecule has 4 heteroatoms. The Morgan fingerprint density at radius 1 is 1.53 bits per heavy atom. The Balaban J connectivity index is 2.63. The van der Waals surface area contributed by atoms with E-state index in [1.54, 1.807) is 0 Å². The second kappa shape index (κ2) is 4.21. The number of nitrogens with zero attached hydrogens (tertiary/aromatic N) is 1. The Kier molecular flexibility index (Phi) is 3.37. The highest BCUT2D eigenvalue weighted by atomic mass is 16.6. The maximum atomic E-state index is 11.7. The van der Waals surface area contributed by atoms with E-state index in [1.807, 2.05) is 27.7 Å². The van der Waals surface area contributed by atoms with Crippen LogP contribution in [0.3, 0.4) is 0 Å². The van der Waals surface area contributed by atoms with Crippen LogP contribution in [0.25, 0.3) is 0 Å². The first kappa shape index (κ1) is 12.0. The van der Waals surface area contributed by atoms with Crippen molar-refractivity contribution in [1.29, 1.82) is 0 Å². The number of carbonyl (C=O) groups excluding carboxylic acids is 2. The van der Waals surface area contributed by atoms with Gasteiger partial charge in [-0.15, -0.1) is 0 Å². The molecule has 1 fully saturated rings. The van der Waals surface area contributed by atoms with Gasteiger partial charge in [0.2, 0.25) is 0 Å². The van der Waals surface area contributed by atoms with Gasteiger partial charge in [0.15, 0.2) is 5.78 Å². The SMILES string of the molecule is CC[C@@H]1CC(=O)CN1C(=O)OC(C)(C)C. The van der Waals surface area contributed by atoms with Crippen LogP contribution in [0.1, 0.15) is 40.5 Å². The summed E-state index contributed by atoms with van der Waals surface area (Å²) in [5.74, 6) is 0.118. The highest BCUT2D eigenvalue weighted by Crippen LogP contribution is 2.20. The zero-order valence-corrected chi connectivity index (χ0v) is 9.87. The number of hydrogen-bond acceptors (Lipinski definition) is 3. The summed E-state index contributed by atoms with van der Waals surface area (Å²) in [5, 5.41) is 0. The van der Waals surface area contributed by atoms with Crippen LogP contribution in [0, 0.1) is 0 Å². The van der Waals surface area contributed by atoms with Crippen molar-refractivity contribution in [3.8, 4) is 0 Å².